The van der Waals surface area contributed by atoms with E-state index in [1.54, 1.807) is 6.07 Å². The lowest BCUT2D eigenvalue weighted by molar-refractivity contribution is -0.117. The van der Waals surface area contributed by atoms with Crippen LogP contribution in [0.5, 0.6) is 11.5 Å². The van der Waals surface area contributed by atoms with Crippen molar-refractivity contribution in [3.05, 3.63) is 17.7 Å². The quantitative estimate of drug-likeness (QED) is 0.892. The van der Waals surface area contributed by atoms with Crippen molar-refractivity contribution in [3.63, 3.8) is 0 Å². The van der Waals surface area contributed by atoms with Crippen LogP contribution in [0.3, 0.4) is 0 Å². The number of hydrogen-bond donors (Lipinski definition) is 2. The summed E-state index contributed by atoms with van der Waals surface area (Å²) in [5.74, 6) is 1.75. The average molecular weight is 289 g/mol. The van der Waals surface area contributed by atoms with Gasteiger partial charge in [-0.3, -0.25) is 4.79 Å². The molecule has 112 valence electrons. The van der Waals surface area contributed by atoms with E-state index in [4.69, 9.17) is 9.47 Å². The van der Waals surface area contributed by atoms with Crippen molar-refractivity contribution in [1.29, 1.82) is 0 Å². The molecule has 1 aromatic rings. The molecule has 0 bridgehead atoms. The number of fused-ring (bicyclic) bond motifs is 1. The van der Waals surface area contributed by atoms with E-state index in [0.29, 0.717) is 36.3 Å². The van der Waals surface area contributed by atoms with Gasteiger partial charge in [-0.1, -0.05) is 0 Å². The summed E-state index contributed by atoms with van der Waals surface area (Å²) >= 11 is 0. The van der Waals surface area contributed by atoms with Crippen LogP contribution in [-0.2, 0) is 4.79 Å². The Kier molecular flexibility index (Phi) is 3.03. The van der Waals surface area contributed by atoms with Crippen LogP contribution in [0.2, 0.25) is 0 Å². The van der Waals surface area contributed by atoms with Gasteiger partial charge in [-0.15, -0.1) is 0 Å². The fraction of sp³-hybridized carbons (Fsp3) is 0.562. The largest absolute Gasteiger partial charge is 0.486 e. The first-order valence-electron chi connectivity index (χ1n) is 7.65. The second-order valence-electron chi connectivity index (χ2n) is 6.13. The zero-order chi connectivity index (χ0) is 14.4. The van der Waals surface area contributed by atoms with E-state index in [0.717, 1.165) is 31.2 Å². The van der Waals surface area contributed by atoms with Crippen molar-refractivity contribution in [2.24, 2.45) is 11.8 Å². The Labute approximate surface area is 123 Å². The highest BCUT2D eigenvalue weighted by Crippen LogP contribution is 2.46. The molecule has 21 heavy (non-hydrogen) atoms. The predicted molar refractivity (Wildman–Crippen MR) is 76.5 cm³/mol. The lowest BCUT2D eigenvalue weighted by Gasteiger charge is -2.23. The third kappa shape index (κ3) is 2.58. The molecule has 0 saturated heterocycles. The van der Waals surface area contributed by atoms with Crippen LogP contribution < -0.4 is 14.8 Å². The molecule has 5 heteroatoms. The van der Waals surface area contributed by atoms with Gasteiger partial charge in [-0.25, -0.2) is 0 Å². The molecule has 2 saturated carbocycles. The smallest absolute Gasteiger partial charge is 0.227 e. The van der Waals surface area contributed by atoms with Gasteiger partial charge in [0.05, 0.1) is 11.8 Å². The molecule has 0 spiro atoms. The van der Waals surface area contributed by atoms with Crippen molar-refractivity contribution in [1.82, 2.24) is 0 Å². The first kappa shape index (κ1) is 13.0. The molecule has 2 N–H and O–H groups in total. The minimum Gasteiger partial charge on any atom is -0.486 e. The first-order valence-corrected chi connectivity index (χ1v) is 7.65. The lowest BCUT2D eigenvalue weighted by atomic mass is 10.0. The van der Waals surface area contributed by atoms with Gasteiger partial charge in [0.2, 0.25) is 5.91 Å². The molecule has 4 rings (SSSR count). The number of aliphatic hydroxyl groups excluding tert-OH is 1. The van der Waals surface area contributed by atoms with Crippen LogP contribution in [0.25, 0.3) is 0 Å². The Hall–Kier alpha value is -1.75. The van der Waals surface area contributed by atoms with Crippen LogP contribution in [0, 0.1) is 11.8 Å². The molecule has 1 aliphatic heterocycles. The van der Waals surface area contributed by atoms with Crippen LogP contribution in [0.4, 0.5) is 5.69 Å². The second kappa shape index (κ2) is 4.91. The van der Waals surface area contributed by atoms with Gasteiger partial charge in [-0.05, 0) is 37.7 Å². The number of benzene rings is 1. The number of hydrogen-bond acceptors (Lipinski definition) is 4. The average Bonchev–Trinajstić information content (AvgIpc) is 3.38. The molecule has 0 unspecified atom stereocenters. The van der Waals surface area contributed by atoms with Crippen molar-refractivity contribution >= 4 is 11.6 Å². The molecular weight excluding hydrogens is 270 g/mol. The minimum atomic E-state index is -0.546. The van der Waals surface area contributed by atoms with Gasteiger partial charge >= 0.3 is 0 Å². The zero-order valence-corrected chi connectivity index (χ0v) is 11.8. The summed E-state index contributed by atoms with van der Waals surface area (Å²) in [4.78, 5) is 12.0. The number of aliphatic hydroxyl groups is 1. The van der Waals surface area contributed by atoms with E-state index in [-0.39, 0.29) is 11.8 Å². The van der Waals surface area contributed by atoms with Gasteiger partial charge < -0.3 is 19.9 Å². The standard InChI is InChI=1S/C16H19NO4/c18-15(9-1-2-9)11-7-13-14(21-6-5-20-13)8-12(11)17-16(19)10-3-4-10/h7-10,15,18H,1-6H2,(H,17,19)/t15-/m0/s1. The normalized spacial score (nSPS) is 21.8. The molecule has 0 aromatic heterocycles. The third-order valence-corrected chi connectivity index (χ3v) is 4.31. The van der Waals surface area contributed by atoms with Gasteiger partial charge in [0, 0.05) is 17.5 Å². The second-order valence-corrected chi connectivity index (χ2v) is 6.13. The Bertz CT molecular complexity index is 578. The van der Waals surface area contributed by atoms with Gasteiger partial charge in [-0.2, -0.15) is 0 Å². The molecule has 3 aliphatic rings. The van der Waals surface area contributed by atoms with Gasteiger partial charge in [0.25, 0.3) is 0 Å². The van der Waals surface area contributed by atoms with E-state index in [1.165, 1.54) is 0 Å². The molecule has 2 fully saturated rings. The summed E-state index contributed by atoms with van der Waals surface area (Å²) < 4.78 is 11.2. The first-order chi connectivity index (χ1) is 10.2. The van der Waals surface area contributed by atoms with E-state index in [2.05, 4.69) is 5.32 Å². The summed E-state index contributed by atoms with van der Waals surface area (Å²) in [6, 6.07) is 3.61. The van der Waals surface area contributed by atoms with Crippen LogP contribution in [-0.4, -0.2) is 24.2 Å². The number of ether oxygens (including phenoxy) is 2. The zero-order valence-electron chi connectivity index (χ0n) is 11.8. The maximum absolute atomic E-state index is 12.0. The van der Waals surface area contributed by atoms with Crippen molar-refractivity contribution < 1.29 is 19.4 Å². The minimum absolute atomic E-state index is 0.0379. The fourth-order valence-electron chi connectivity index (χ4n) is 2.70. The molecule has 5 nitrogen and oxygen atoms in total. The number of amides is 1. The fourth-order valence-corrected chi connectivity index (χ4v) is 2.70. The summed E-state index contributed by atoms with van der Waals surface area (Å²) in [5.41, 5.74) is 1.41. The SMILES string of the molecule is O=C(Nc1cc2c(cc1[C@@H](O)C1CC1)OCCO2)C1CC1. The molecule has 0 radical (unpaired) electrons. The third-order valence-electron chi connectivity index (χ3n) is 4.31. The summed E-state index contributed by atoms with van der Waals surface area (Å²) in [7, 11) is 0. The van der Waals surface area contributed by atoms with Crippen LogP contribution in [0.15, 0.2) is 12.1 Å². The molecule has 1 atom stereocenters. The predicted octanol–water partition coefficient (Wildman–Crippen LogP) is 2.25. The van der Waals surface area contributed by atoms with Crippen molar-refractivity contribution in [2.45, 2.75) is 31.8 Å². The Morgan fingerprint density at radius 1 is 1.14 bits per heavy atom. The van der Waals surface area contributed by atoms with E-state index in [1.807, 2.05) is 6.07 Å². The Morgan fingerprint density at radius 3 is 2.43 bits per heavy atom. The highest BCUT2D eigenvalue weighted by Gasteiger charge is 2.35. The van der Waals surface area contributed by atoms with Gasteiger partial charge in [0.15, 0.2) is 11.5 Å². The molecule has 1 heterocycles. The number of nitrogens with one attached hydrogen (secondary N) is 1. The Morgan fingerprint density at radius 2 is 1.81 bits per heavy atom. The van der Waals surface area contributed by atoms with E-state index in [9.17, 15) is 9.90 Å². The highest BCUT2D eigenvalue weighted by molar-refractivity contribution is 5.95. The van der Waals surface area contributed by atoms with Crippen LogP contribution in [0.1, 0.15) is 37.4 Å². The molecule has 1 aromatic carbocycles. The van der Waals surface area contributed by atoms with Gasteiger partial charge in [0.1, 0.15) is 13.2 Å². The van der Waals surface area contributed by atoms with Crippen molar-refractivity contribution in [2.75, 3.05) is 18.5 Å². The van der Waals surface area contributed by atoms with Crippen LogP contribution >= 0.6 is 0 Å². The number of anilines is 1. The van der Waals surface area contributed by atoms with Crippen molar-refractivity contribution in [3.8, 4) is 11.5 Å². The highest BCUT2D eigenvalue weighted by atomic mass is 16.6. The Balaban J connectivity index is 1.68. The molecule has 1 amide bonds. The monoisotopic (exact) mass is 289 g/mol. The van der Waals surface area contributed by atoms with E-state index >= 15 is 0 Å². The summed E-state index contributed by atoms with van der Waals surface area (Å²) in [5, 5.41) is 13.4. The number of carbonyl (C=O) groups is 1. The maximum atomic E-state index is 12.0. The molecule has 2 aliphatic carbocycles. The number of carbonyl (C=O) groups excluding carboxylic acids is 1. The number of rotatable bonds is 4. The maximum Gasteiger partial charge on any atom is 0.227 e. The summed E-state index contributed by atoms with van der Waals surface area (Å²) in [6.07, 6.45) is 3.43. The lowest BCUT2D eigenvalue weighted by Crippen LogP contribution is -2.19. The van der Waals surface area contributed by atoms with E-state index < -0.39 is 6.10 Å². The molecular formula is C16H19NO4. The summed E-state index contributed by atoms with van der Waals surface area (Å²) in [6.45, 7) is 1.02. The topological polar surface area (TPSA) is 67.8 Å².